The quantitative estimate of drug-likeness (QED) is 0.747. The van der Waals surface area contributed by atoms with Crippen molar-refractivity contribution in [2.24, 2.45) is 5.92 Å². The minimum atomic E-state index is -3.45. The maximum absolute atomic E-state index is 12.5. The molecule has 0 saturated heterocycles. The van der Waals surface area contributed by atoms with Crippen LogP contribution in [-0.4, -0.2) is 28.9 Å². The van der Waals surface area contributed by atoms with Gasteiger partial charge in [-0.3, -0.25) is 9.59 Å². The first-order valence-electron chi connectivity index (χ1n) is 4.74. The van der Waals surface area contributed by atoms with E-state index in [0.717, 1.165) is 0 Å². The van der Waals surface area contributed by atoms with E-state index in [-0.39, 0.29) is 0 Å². The van der Waals surface area contributed by atoms with Gasteiger partial charge in [-0.2, -0.15) is 8.78 Å². The summed E-state index contributed by atoms with van der Waals surface area (Å²) in [6.07, 6.45) is 1.51. The zero-order chi connectivity index (χ0) is 11.6. The molecule has 1 fully saturated rings. The van der Waals surface area contributed by atoms with Crippen LogP contribution in [0.25, 0.3) is 0 Å². The van der Waals surface area contributed by atoms with E-state index >= 15 is 0 Å². The van der Waals surface area contributed by atoms with Crippen LogP contribution in [0.3, 0.4) is 0 Å². The van der Waals surface area contributed by atoms with Crippen molar-refractivity contribution in [1.82, 2.24) is 5.32 Å². The van der Waals surface area contributed by atoms with Crippen LogP contribution in [-0.2, 0) is 9.59 Å². The number of carboxylic acids is 1. The first-order chi connectivity index (χ1) is 6.82. The zero-order valence-corrected chi connectivity index (χ0v) is 8.30. The fourth-order valence-corrected chi connectivity index (χ4v) is 1.72. The molecule has 1 rings (SSSR count). The average Bonchev–Trinajstić information content (AvgIpc) is 2.50. The van der Waals surface area contributed by atoms with Crippen LogP contribution in [0, 0.1) is 5.92 Å². The van der Waals surface area contributed by atoms with E-state index < -0.39 is 29.8 Å². The molecule has 0 heterocycles. The highest BCUT2D eigenvalue weighted by Gasteiger charge is 2.39. The van der Waals surface area contributed by atoms with Crippen LogP contribution in [0.4, 0.5) is 8.78 Å². The summed E-state index contributed by atoms with van der Waals surface area (Å²) in [6.45, 7) is 0.493. The maximum Gasteiger partial charge on any atom is 0.321 e. The molecule has 15 heavy (non-hydrogen) atoms. The molecular weight excluding hydrogens is 208 g/mol. The first kappa shape index (κ1) is 11.9. The molecule has 1 aliphatic rings. The number of nitrogens with one attached hydrogen (secondary N) is 1. The highest BCUT2D eigenvalue weighted by Crippen LogP contribution is 2.26. The summed E-state index contributed by atoms with van der Waals surface area (Å²) in [7, 11) is 0. The van der Waals surface area contributed by atoms with Crippen molar-refractivity contribution in [3.8, 4) is 0 Å². The fraction of sp³-hybridized carbons (Fsp3) is 0.778. The Kier molecular flexibility index (Phi) is 3.26. The Bertz CT molecular complexity index is 275. The molecule has 2 unspecified atom stereocenters. The number of hydrogen-bond acceptors (Lipinski definition) is 2. The second-order valence-corrected chi connectivity index (χ2v) is 3.84. The van der Waals surface area contributed by atoms with E-state index in [4.69, 9.17) is 5.11 Å². The van der Waals surface area contributed by atoms with Gasteiger partial charge in [-0.1, -0.05) is 6.42 Å². The molecule has 0 bridgehead atoms. The summed E-state index contributed by atoms with van der Waals surface area (Å²) in [6, 6.07) is -0.666. The number of rotatable bonds is 3. The fourth-order valence-electron chi connectivity index (χ4n) is 1.72. The van der Waals surface area contributed by atoms with Gasteiger partial charge in [0.05, 0.1) is 5.92 Å². The largest absolute Gasteiger partial charge is 0.481 e. The Morgan fingerprint density at radius 2 is 2.00 bits per heavy atom. The number of aliphatic carboxylic acids is 1. The molecule has 2 N–H and O–H groups in total. The number of hydrogen-bond donors (Lipinski definition) is 2. The molecule has 0 radical (unpaired) electrons. The molecule has 4 nitrogen and oxygen atoms in total. The Balaban J connectivity index is 2.58. The van der Waals surface area contributed by atoms with E-state index in [1.807, 2.05) is 0 Å². The van der Waals surface area contributed by atoms with Gasteiger partial charge in [0.1, 0.15) is 0 Å². The molecule has 0 aromatic heterocycles. The normalized spacial score (nSPS) is 26.3. The average molecular weight is 221 g/mol. The van der Waals surface area contributed by atoms with Gasteiger partial charge in [-0.05, 0) is 12.8 Å². The summed E-state index contributed by atoms with van der Waals surface area (Å²) in [5.41, 5.74) is 0. The van der Waals surface area contributed by atoms with Crippen LogP contribution in [0.1, 0.15) is 26.2 Å². The third-order valence-corrected chi connectivity index (χ3v) is 2.55. The molecule has 0 aromatic rings. The number of carboxylic acid groups (broad SMARTS) is 1. The van der Waals surface area contributed by atoms with Gasteiger partial charge in [-0.25, -0.2) is 0 Å². The highest BCUT2D eigenvalue weighted by atomic mass is 19.3. The van der Waals surface area contributed by atoms with Gasteiger partial charge in [0.2, 0.25) is 0 Å². The first-order valence-corrected chi connectivity index (χ1v) is 4.74. The monoisotopic (exact) mass is 221 g/mol. The number of alkyl halides is 2. The van der Waals surface area contributed by atoms with Crippen LogP contribution in [0.15, 0.2) is 0 Å². The topological polar surface area (TPSA) is 66.4 Å². The van der Waals surface area contributed by atoms with Gasteiger partial charge < -0.3 is 10.4 Å². The molecule has 1 saturated carbocycles. The van der Waals surface area contributed by atoms with Gasteiger partial charge in [0.15, 0.2) is 0 Å². The smallest absolute Gasteiger partial charge is 0.321 e. The highest BCUT2D eigenvalue weighted by molar-refractivity contribution is 5.84. The lowest BCUT2D eigenvalue weighted by Crippen LogP contribution is -2.46. The molecule has 86 valence electrons. The van der Waals surface area contributed by atoms with Crippen LogP contribution in [0.2, 0.25) is 0 Å². The third-order valence-electron chi connectivity index (χ3n) is 2.55. The van der Waals surface area contributed by atoms with E-state index in [2.05, 4.69) is 5.32 Å². The summed E-state index contributed by atoms with van der Waals surface area (Å²) >= 11 is 0. The molecular formula is C9H13F2NO3. The lowest BCUT2D eigenvalue weighted by molar-refractivity contribution is -0.146. The number of halogens is 2. The summed E-state index contributed by atoms with van der Waals surface area (Å²) in [4.78, 5) is 21.6. The maximum atomic E-state index is 12.5. The second-order valence-electron chi connectivity index (χ2n) is 3.84. The summed E-state index contributed by atoms with van der Waals surface area (Å²) in [5.74, 6) is -6.64. The predicted molar refractivity (Wildman–Crippen MR) is 47.5 cm³/mol. The minimum Gasteiger partial charge on any atom is -0.481 e. The van der Waals surface area contributed by atoms with Crippen molar-refractivity contribution in [3.05, 3.63) is 0 Å². The van der Waals surface area contributed by atoms with Gasteiger partial charge >= 0.3 is 11.9 Å². The van der Waals surface area contributed by atoms with Gasteiger partial charge in [-0.15, -0.1) is 0 Å². The standard InChI is InChI=1S/C9H13F2NO3/c1-9(10,11)8(15)12-6-4-2-3-5(6)7(13)14/h5-6H,2-4H2,1H3,(H,12,15)(H,13,14). The van der Waals surface area contributed by atoms with Crippen molar-refractivity contribution in [2.45, 2.75) is 38.2 Å². The molecule has 0 spiro atoms. The molecule has 2 atom stereocenters. The molecule has 1 aliphatic carbocycles. The van der Waals surface area contributed by atoms with Crippen LogP contribution in [0.5, 0.6) is 0 Å². The van der Waals surface area contributed by atoms with Gasteiger partial charge in [0, 0.05) is 13.0 Å². The lowest BCUT2D eigenvalue weighted by atomic mass is 10.0. The molecule has 0 aliphatic heterocycles. The van der Waals surface area contributed by atoms with E-state index in [1.165, 1.54) is 0 Å². The predicted octanol–water partition coefficient (Wildman–Crippen LogP) is 1.01. The number of carbonyl (C=O) groups is 2. The number of carbonyl (C=O) groups excluding carboxylic acids is 1. The zero-order valence-electron chi connectivity index (χ0n) is 8.30. The molecule has 0 aromatic carbocycles. The van der Waals surface area contributed by atoms with Crippen LogP contribution >= 0.6 is 0 Å². The Morgan fingerprint density at radius 1 is 1.40 bits per heavy atom. The van der Waals surface area contributed by atoms with Crippen molar-refractivity contribution in [2.75, 3.05) is 0 Å². The van der Waals surface area contributed by atoms with Crippen molar-refractivity contribution >= 4 is 11.9 Å². The SMILES string of the molecule is CC(F)(F)C(=O)NC1CCCC1C(=O)O. The van der Waals surface area contributed by atoms with E-state index in [1.54, 1.807) is 0 Å². The van der Waals surface area contributed by atoms with Gasteiger partial charge in [0.25, 0.3) is 5.91 Å². The molecule has 6 heteroatoms. The van der Waals surface area contributed by atoms with Crippen molar-refractivity contribution in [3.63, 3.8) is 0 Å². The molecule has 1 amide bonds. The second kappa shape index (κ2) is 4.12. The van der Waals surface area contributed by atoms with Crippen molar-refractivity contribution in [1.29, 1.82) is 0 Å². The van der Waals surface area contributed by atoms with Crippen molar-refractivity contribution < 1.29 is 23.5 Å². The summed E-state index contributed by atoms with van der Waals surface area (Å²) in [5, 5.41) is 10.8. The Labute approximate surface area is 85.7 Å². The number of amides is 1. The van der Waals surface area contributed by atoms with Crippen LogP contribution < -0.4 is 5.32 Å². The third kappa shape index (κ3) is 2.87. The minimum absolute atomic E-state index is 0.426. The van der Waals surface area contributed by atoms with E-state index in [9.17, 15) is 18.4 Å². The van der Waals surface area contributed by atoms with E-state index in [0.29, 0.717) is 26.2 Å². The Morgan fingerprint density at radius 3 is 2.47 bits per heavy atom. The lowest BCUT2D eigenvalue weighted by Gasteiger charge is -2.19. The summed E-state index contributed by atoms with van der Waals surface area (Å²) < 4.78 is 25.1. The Hall–Kier alpha value is -1.20.